The van der Waals surface area contributed by atoms with Crippen LogP contribution in [0.15, 0.2) is 35.2 Å². The minimum atomic E-state index is -0.996. The zero-order chi connectivity index (χ0) is 22.2. The molecular weight excluding hydrogens is 427 g/mol. The minimum absolute atomic E-state index is 0.189. The first-order valence-corrected chi connectivity index (χ1v) is 12.3. The number of carbonyl (C=O) groups is 1. The van der Waals surface area contributed by atoms with Crippen LogP contribution >= 0.6 is 11.9 Å². The van der Waals surface area contributed by atoms with E-state index in [0.717, 1.165) is 48.5 Å². The number of carboxylic acids is 1. The van der Waals surface area contributed by atoms with Gasteiger partial charge < -0.3 is 19.5 Å². The van der Waals surface area contributed by atoms with E-state index in [1.54, 1.807) is 12.1 Å². The van der Waals surface area contributed by atoms with Gasteiger partial charge in [0.2, 0.25) is 0 Å². The number of benzene rings is 2. The molecule has 5 nitrogen and oxygen atoms in total. The zero-order valence-electron chi connectivity index (χ0n) is 18.3. The molecule has 1 saturated heterocycles. The summed E-state index contributed by atoms with van der Waals surface area (Å²) in [5.41, 5.74) is 2.66. The van der Waals surface area contributed by atoms with Gasteiger partial charge in [-0.05, 0) is 97.9 Å². The fourth-order valence-corrected chi connectivity index (χ4v) is 6.17. The molecule has 170 valence electrons. The molecule has 3 aliphatic rings. The molecule has 0 spiro atoms. The average molecular weight is 457 g/mol. The van der Waals surface area contributed by atoms with E-state index in [4.69, 9.17) is 4.74 Å². The number of likely N-dealkylation sites (tertiary alicyclic amines) is 1. The largest absolute Gasteiger partial charge is 0.492 e. The molecule has 1 aliphatic carbocycles. The van der Waals surface area contributed by atoms with E-state index in [9.17, 15) is 14.3 Å². The smallest absolute Gasteiger partial charge is 0.341 e. The molecular formula is C25H29FN2O3S. The summed E-state index contributed by atoms with van der Waals surface area (Å²) in [5, 5.41) is 9.95. The van der Waals surface area contributed by atoms with Crippen molar-refractivity contribution in [3.63, 3.8) is 0 Å². The molecule has 0 amide bonds. The number of nitrogens with zero attached hydrogens (tertiary/aromatic N) is 1. The second kappa shape index (κ2) is 8.94. The normalized spacial score (nSPS) is 24.2. The fourth-order valence-electron chi connectivity index (χ4n) is 5.35. The first-order valence-electron chi connectivity index (χ1n) is 11.5. The van der Waals surface area contributed by atoms with Gasteiger partial charge in [0.1, 0.15) is 17.1 Å². The van der Waals surface area contributed by atoms with Crippen LogP contribution in [-0.4, -0.2) is 42.2 Å². The van der Waals surface area contributed by atoms with Crippen molar-refractivity contribution >= 4 is 23.6 Å². The maximum Gasteiger partial charge on any atom is 0.341 e. The standard InChI is InChI=1S/C25H29FN2O3S/c1-15-12-19-18-5-6-21(23(25(29)30)24(18)31-14-20(15)19)27-32-22-7-4-17(26)13-16(22)8-11-28-9-2-3-10-28/h4-7,13,15,19-20,27H,2-3,8-12,14H2,1H3,(H,29,30)/t15-,19?,20?/m0/s1. The molecule has 2 aliphatic heterocycles. The highest BCUT2D eigenvalue weighted by Gasteiger charge is 2.44. The van der Waals surface area contributed by atoms with Crippen LogP contribution < -0.4 is 9.46 Å². The Labute approximate surface area is 192 Å². The Balaban J connectivity index is 1.35. The Morgan fingerprint density at radius 3 is 2.84 bits per heavy atom. The third-order valence-electron chi connectivity index (χ3n) is 7.28. The molecule has 2 heterocycles. The number of hydrogen-bond acceptors (Lipinski definition) is 5. The van der Waals surface area contributed by atoms with Crippen LogP contribution in [0.25, 0.3) is 0 Å². The van der Waals surface area contributed by atoms with E-state index in [1.807, 2.05) is 12.1 Å². The Bertz CT molecular complexity index is 1020. The predicted molar refractivity (Wildman–Crippen MR) is 124 cm³/mol. The van der Waals surface area contributed by atoms with Gasteiger partial charge >= 0.3 is 5.97 Å². The number of rotatable bonds is 7. The third-order valence-corrected chi connectivity index (χ3v) is 8.22. The van der Waals surface area contributed by atoms with Crippen LogP contribution in [0, 0.1) is 17.7 Å². The number of ether oxygens (including phenoxy) is 1. The van der Waals surface area contributed by atoms with E-state index >= 15 is 0 Å². The minimum Gasteiger partial charge on any atom is -0.492 e. The monoisotopic (exact) mass is 456 g/mol. The summed E-state index contributed by atoms with van der Waals surface area (Å²) in [6, 6.07) is 8.66. The molecule has 2 aromatic carbocycles. The molecule has 3 atom stereocenters. The Kier molecular flexibility index (Phi) is 6.03. The number of fused-ring (bicyclic) bond motifs is 3. The van der Waals surface area contributed by atoms with Gasteiger partial charge in [-0.25, -0.2) is 9.18 Å². The maximum atomic E-state index is 13.9. The maximum absolute atomic E-state index is 13.9. The Morgan fingerprint density at radius 2 is 2.09 bits per heavy atom. The quantitative estimate of drug-likeness (QED) is 0.543. The lowest BCUT2D eigenvalue weighted by Crippen LogP contribution is -2.41. The number of nitrogens with one attached hydrogen (secondary N) is 1. The zero-order valence-corrected chi connectivity index (χ0v) is 19.1. The lowest BCUT2D eigenvalue weighted by Gasteiger charge is -2.47. The fraction of sp³-hybridized carbons (Fsp3) is 0.480. The van der Waals surface area contributed by atoms with Crippen molar-refractivity contribution in [3.8, 4) is 5.75 Å². The van der Waals surface area contributed by atoms with Crippen LogP contribution in [0.1, 0.15) is 53.6 Å². The number of aromatic carboxylic acids is 1. The van der Waals surface area contributed by atoms with Crippen LogP contribution in [0.3, 0.4) is 0 Å². The second-order valence-electron chi connectivity index (χ2n) is 9.26. The van der Waals surface area contributed by atoms with E-state index in [-0.39, 0.29) is 11.4 Å². The van der Waals surface area contributed by atoms with Crippen LogP contribution in [0.2, 0.25) is 0 Å². The summed E-state index contributed by atoms with van der Waals surface area (Å²) >= 11 is 1.34. The summed E-state index contributed by atoms with van der Waals surface area (Å²) in [6.07, 6.45) is 4.30. The van der Waals surface area contributed by atoms with Crippen molar-refractivity contribution < 1.29 is 19.0 Å². The van der Waals surface area contributed by atoms with Gasteiger partial charge in [-0.2, -0.15) is 0 Å². The van der Waals surface area contributed by atoms with Crippen molar-refractivity contribution in [2.75, 3.05) is 31.0 Å². The molecule has 2 fully saturated rings. The molecule has 5 rings (SSSR count). The molecule has 2 N–H and O–H groups in total. The lowest BCUT2D eigenvalue weighted by atomic mass is 9.62. The Morgan fingerprint density at radius 1 is 1.28 bits per heavy atom. The highest BCUT2D eigenvalue weighted by molar-refractivity contribution is 8.00. The van der Waals surface area contributed by atoms with Gasteiger partial charge in [0.25, 0.3) is 0 Å². The Hall–Kier alpha value is -2.25. The van der Waals surface area contributed by atoms with E-state index in [2.05, 4.69) is 16.5 Å². The third kappa shape index (κ3) is 4.08. The van der Waals surface area contributed by atoms with Gasteiger partial charge in [-0.3, -0.25) is 0 Å². The summed E-state index contributed by atoms with van der Waals surface area (Å²) in [4.78, 5) is 15.5. The van der Waals surface area contributed by atoms with Crippen molar-refractivity contribution in [3.05, 3.63) is 52.8 Å². The molecule has 1 saturated carbocycles. The van der Waals surface area contributed by atoms with Crippen molar-refractivity contribution in [1.29, 1.82) is 0 Å². The van der Waals surface area contributed by atoms with Gasteiger partial charge in [-0.15, -0.1) is 0 Å². The molecule has 2 aromatic rings. The van der Waals surface area contributed by atoms with E-state index < -0.39 is 5.97 Å². The highest BCUT2D eigenvalue weighted by atomic mass is 32.2. The second-order valence-corrected chi connectivity index (χ2v) is 10.1. The summed E-state index contributed by atoms with van der Waals surface area (Å²) in [7, 11) is 0. The summed E-state index contributed by atoms with van der Waals surface area (Å²) in [5.74, 6) is 0.752. The van der Waals surface area contributed by atoms with E-state index in [0.29, 0.717) is 35.8 Å². The molecule has 0 aromatic heterocycles. The SMILES string of the molecule is C[C@H]1CC2c3ccc(NSc4ccc(F)cc4CCN4CCCC4)c(C(=O)O)c3OCC21. The molecule has 32 heavy (non-hydrogen) atoms. The summed E-state index contributed by atoms with van der Waals surface area (Å²) < 4.78 is 23.1. The number of carboxylic acid groups (broad SMARTS) is 1. The van der Waals surface area contributed by atoms with Crippen molar-refractivity contribution in [1.82, 2.24) is 4.90 Å². The molecule has 0 radical (unpaired) electrons. The van der Waals surface area contributed by atoms with Crippen molar-refractivity contribution in [2.24, 2.45) is 11.8 Å². The number of halogens is 1. The average Bonchev–Trinajstić information content (AvgIpc) is 3.29. The molecule has 2 unspecified atom stereocenters. The molecule has 0 bridgehead atoms. The van der Waals surface area contributed by atoms with Crippen LogP contribution in [0.5, 0.6) is 5.75 Å². The predicted octanol–water partition coefficient (Wildman–Crippen LogP) is 5.41. The van der Waals surface area contributed by atoms with Crippen molar-refractivity contribution in [2.45, 2.75) is 43.4 Å². The van der Waals surface area contributed by atoms with Gasteiger partial charge in [-0.1, -0.05) is 13.0 Å². The van der Waals surface area contributed by atoms with E-state index in [1.165, 1.54) is 30.9 Å². The first-order chi connectivity index (χ1) is 15.5. The first kappa shape index (κ1) is 21.6. The molecule has 7 heteroatoms. The van der Waals surface area contributed by atoms with Gasteiger partial charge in [0.05, 0.1) is 12.3 Å². The van der Waals surface area contributed by atoms with Crippen LogP contribution in [0.4, 0.5) is 10.1 Å². The summed E-state index contributed by atoms with van der Waals surface area (Å²) in [6.45, 7) is 5.92. The van der Waals surface area contributed by atoms with Crippen LogP contribution in [-0.2, 0) is 6.42 Å². The number of hydrogen-bond donors (Lipinski definition) is 2. The highest BCUT2D eigenvalue weighted by Crippen LogP contribution is 2.54. The number of anilines is 1. The topological polar surface area (TPSA) is 61.8 Å². The lowest BCUT2D eigenvalue weighted by molar-refractivity contribution is 0.0565. The van der Waals surface area contributed by atoms with Gasteiger partial charge in [0, 0.05) is 17.4 Å². The van der Waals surface area contributed by atoms with Gasteiger partial charge in [0.15, 0.2) is 0 Å².